The highest BCUT2D eigenvalue weighted by Crippen LogP contribution is 2.31. The Bertz CT molecular complexity index is 403. The van der Waals surface area contributed by atoms with Crippen LogP contribution in [0.1, 0.15) is 45.1 Å². The number of carbonyl (C=O) groups is 1. The molecule has 1 amide bonds. The van der Waals surface area contributed by atoms with E-state index < -0.39 is 6.09 Å². The fourth-order valence-corrected chi connectivity index (χ4v) is 2.18. The van der Waals surface area contributed by atoms with Crippen molar-refractivity contribution in [3.8, 4) is 0 Å². The lowest BCUT2D eigenvalue weighted by Gasteiger charge is -2.29. The largest absolute Gasteiger partial charge is 0.449 e. The van der Waals surface area contributed by atoms with E-state index in [0.717, 1.165) is 30.5 Å². The van der Waals surface area contributed by atoms with Crippen LogP contribution in [0.25, 0.3) is 0 Å². The number of carbonyl (C=O) groups excluding carboxylic acids is 1. The fourth-order valence-electron chi connectivity index (χ4n) is 2.18. The van der Waals surface area contributed by atoms with Gasteiger partial charge in [-0.25, -0.2) is 4.79 Å². The van der Waals surface area contributed by atoms with Gasteiger partial charge in [-0.15, -0.1) is 0 Å². The van der Waals surface area contributed by atoms with Gasteiger partial charge < -0.3 is 16.2 Å². The normalized spacial score (nSPS) is 13.8. The van der Waals surface area contributed by atoms with Crippen LogP contribution in [0.5, 0.6) is 0 Å². The number of rotatable bonds is 7. The van der Waals surface area contributed by atoms with Gasteiger partial charge in [-0.3, -0.25) is 0 Å². The van der Waals surface area contributed by atoms with E-state index in [4.69, 9.17) is 16.2 Å². The van der Waals surface area contributed by atoms with Crippen LogP contribution in [-0.4, -0.2) is 12.7 Å². The number of benzene rings is 1. The molecular weight excluding hydrogens is 240 g/mol. The van der Waals surface area contributed by atoms with Gasteiger partial charge in [-0.2, -0.15) is 0 Å². The van der Waals surface area contributed by atoms with Crippen molar-refractivity contribution in [3.63, 3.8) is 0 Å². The van der Waals surface area contributed by atoms with Crippen LogP contribution in [-0.2, 0) is 10.2 Å². The second kappa shape index (κ2) is 7.02. The molecule has 0 spiro atoms. The highest BCUT2D eigenvalue weighted by atomic mass is 16.5. The van der Waals surface area contributed by atoms with Gasteiger partial charge in [-0.1, -0.05) is 45.2 Å². The van der Waals surface area contributed by atoms with Crippen molar-refractivity contribution in [1.29, 1.82) is 0 Å². The van der Waals surface area contributed by atoms with E-state index in [9.17, 15) is 4.79 Å². The smallest absolute Gasteiger partial charge is 0.404 e. The van der Waals surface area contributed by atoms with Crippen LogP contribution in [0.15, 0.2) is 24.3 Å². The maximum atomic E-state index is 10.8. The highest BCUT2D eigenvalue weighted by Gasteiger charge is 2.27. The molecule has 0 fully saturated rings. The van der Waals surface area contributed by atoms with Gasteiger partial charge in [-0.05, 0) is 24.1 Å². The summed E-state index contributed by atoms with van der Waals surface area (Å²) in [5.74, 6) is 0. The van der Waals surface area contributed by atoms with Crippen molar-refractivity contribution in [2.75, 3.05) is 12.3 Å². The predicted molar refractivity (Wildman–Crippen MR) is 77.9 cm³/mol. The van der Waals surface area contributed by atoms with E-state index >= 15 is 0 Å². The van der Waals surface area contributed by atoms with Crippen LogP contribution < -0.4 is 11.5 Å². The molecule has 19 heavy (non-hydrogen) atoms. The minimum Gasteiger partial charge on any atom is -0.449 e. The molecule has 0 saturated carbocycles. The average Bonchev–Trinajstić information content (AvgIpc) is 2.37. The Hall–Kier alpha value is -1.71. The molecule has 1 unspecified atom stereocenters. The minimum atomic E-state index is -0.725. The number of ether oxygens (including phenoxy) is 1. The molecule has 106 valence electrons. The van der Waals surface area contributed by atoms with Gasteiger partial charge >= 0.3 is 6.09 Å². The monoisotopic (exact) mass is 264 g/mol. The summed E-state index contributed by atoms with van der Waals surface area (Å²) < 4.78 is 5.03. The molecule has 0 aromatic heterocycles. The summed E-state index contributed by atoms with van der Waals surface area (Å²) in [6, 6.07) is 7.73. The SMILES string of the molecule is CCCCCC(C)(COC(N)=O)c1ccc(N)cc1. The highest BCUT2D eigenvalue weighted by molar-refractivity contribution is 5.64. The first-order chi connectivity index (χ1) is 8.98. The van der Waals surface area contributed by atoms with E-state index in [2.05, 4.69) is 13.8 Å². The molecule has 0 aliphatic carbocycles. The number of amides is 1. The topological polar surface area (TPSA) is 78.3 Å². The molecule has 0 aliphatic rings. The number of nitrogens with two attached hydrogens (primary N) is 2. The Morgan fingerprint density at radius 3 is 2.42 bits per heavy atom. The summed E-state index contributed by atoms with van der Waals surface area (Å²) in [5.41, 5.74) is 12.4. The summed E-state index contributed by atoms with van der Waals surface area (Å²) in [6.07, 6.45) is 3.66. The molecule has 0 aliphatic heterocycles. The first-order valence-corrected chi connectivity index (χ1v) is 6.76. The van der Waals surface area contributed by atoms with Gasteiger partial charge in [0.2, 0.25) is 0 Å². The third-order valence-corrected chi connectivity index (χ3v) is 3.47. The van der Waals surface area contributed by atoms with E-state index in [1.165, 1.54) is 6.42 Å². The number of nitrogen functional groups attached to an aromatic ring is 1. The summed E-state index contributed by atoms with van der Waals surface area (Å²) in [5, 5.41) is 0. The first kappa shape index (κ1) is 15.3. The Kier molecular flexibility index (Phi) is 5.67. The Morgan fingerprint density at radius 2 is 1.89 bits per heavy atom. The first-order valence-electron chi connectivity index (χ1n) is 6.76. The van der Waals surface area contributed by atoms with Crippen LogP contribution in [0.3, 0.4) is 0 Å². The molecule has 0 heterocycles. The molecule has 0 saturated heterocycles. The van der Waals surface area contributed by atoms with Crippen molar-refractivity contribution in [2.24, 2.45) is 5.73 Å². The molecule has 0 radical (unpaired) electrons. The second-order valence-electron chi connectivity index (χ2n) is 5.25. The quantitative estimate of drug-likeness (QED) is 0.586. The van der Waals surface area contributed by atoms with E-state index in [-0.39, 0.29) is 5.41 Å². The van der Waals surface area contributed by atoms with Crippen molar-refractivity contribution in [2.45, 2.75) is 44.9 Å². The van der Waals surface area contributed by atoms with Crippen LogP contribution in [0.4, 0.5) is 10.5 Å². The molecule has 1 aromatic carbocycles. The van der Waals surface area contributed by atoms with Crippen molar-refractivity contribution in [1.82, 2.24) is 0 Å². The van der Waals surface area contributed by atoms with E-state index in [1.807, 2.05) is 24.3 Å². The second-order valence-corrected chi connectivity index (χ2v) is 5.25. The summed E-state index contributed by atoms with van der Waals surface area (Å²) in [6.45, 7) is 4.56. The molecule has 4 nitrogen and oxygen atoms in total. The van der Waals surface area contributed by atoms with E-state index in [0.29, 0.717) is 6.61 Å². The lowest BCUT2D eigenvalue weighted by molar-refractivity contribution is 0.124. The molecule has 1 aromatic rings. The van der Waals surface area contributed by atoms with Crippen molar-refractivity contribution >= 4 is 11.8 Å². The molecule has 1 rings (SSSR count). The molecule has 0 bridgehead atoms. The van der Waals surface area contributed by atoms with Crippen molar-refractivity contribution in [3.05, 3.63) is 29.8 Å². The summed E-state index contributed by atoms with van der Waals surface area (Å²) in [4.78, 5) is 10.8. The lowest BCUT2D eigenvalue weighted by atomic mass is 9.78. The zero-order valence-corrected chi connectivity index (χ0v) is 11.8. The Labute approximate surface area is 115 Å². The zero-order valence-electron chi connectivity index (χ0n) is 11.8. The fraction of sp³-hybridized carbons (Fsp3) is 0.533. The number of hydrogen-bond acceptors (Lipinski definition) is 3. The zero-order chi connectivity index (χ0) is 14.3. The minimum absolute atomic E-state index is 0.210. The van der Waals surface area contributed by atoms with Crippen LogP contribution in [0, 0.1) is 0 Å². The standard InChI is InChI=1S/C15H24N2O2/c1-3-4-5-10-15(2,11-19-14(17)18)12-6-8-13(16)9-7-12/h6-9H,3-5,10-11,16H2,1-2H3,(H2,17,18). The van der Waals surface area contributed by atoms with Gasteiger partial charge in [0, 0.05) is 11.1 Å². The summed E-state index contributed by atoms with van der Waals surface area (Å²) in [7, 11) is 0. The Balaban J connectivity index is 2.83. The van der Waals surface area contributed by atoms with Crippen molar-refractivity contribution < 1.29 is 9.53 Å². The third-order valence-electron chi connectivity index (χ3n) is 3.47. The maximum absolute atomic E-state index is 10.8. The van der Waals surface area contributed by atoms with Gasteiger partial charge in [0.25, 0.3) is 0 Å². The van der Waals surface area contributed by atoms with Crippen LogP contribution >= 0.6 is 0 Å². The number of primary amides is 1. The van der Waals surface area contributed by atoms with Gasteiger partial charge in [0.05, 0.1) is 0 Å². The average molecular weight is 264 g/mol. The predicted octanol–water partition coefficient (Wildman–Crippen LogP) is 3.20. The van der Waals surface area contributed by atoms with Gasteiger partial charge in [0.1, 0.15) is 6.61 Å². The third kappa shape index (κ3) is 4.81. The van der Waals surface area contributed by atoms with Gasteiger partial charge in [0.15, 0.2) is 0 Å². The lowest BCUT2D eigenvalue weighted by Crippen LogP contribution is -2.31. The van der Waals surface area contributed by atoms with E-state index in [1.54, 1.807) is 0 Å². The molecular formula is C15H24N2O2. The maximum Gasteiger partial charge on any atom is 0.404 e. The number of hydrogen-bond donors (Lipinski definition) is 2. The molecule has 1 atom stereocenters. The number of unbranched alkanes of at least 4 members (excludes halogenated alkanes) is 2. The summed E-state index contributed by atoms with van der Waals surface area (Å²) >= 11 is 0. The Morgan fingerprint density at radius 1 is 1.26 bits per heavy atom. The number of anilines is 1. The van der Waals surface area contributed by atoms with Crippen LogP contribution in [0.2, 0.25) is 0 Å². The molecule has 4 N–H and O–H groups in total. The molecule has 4 heteroatoms.